The molecule has 0 amide bonds. The van der Waals surface area contributed by atoms with E-state index in [1.807, 2.05) is 19.9 Å². The Morgan fingerprint density at radius 1 is 1.42 bits per heavy atom. The van der Waals surface area contributed by atoms with Gasteiger partial charge in [0.2, 0.25) is 5.89 Å². The van der Waals surface area contributed by atoms with Gasteiger partial charge in [-0.2, -0.15) is 4.98 Å². The monoisotopic (exact) mass is 281 g/mol. The summed E-state index contributed by atoms with van der Waals surface area (Å²) in [5, 5.41) is 3.75. The lowest BCUT2D eigenvalue weighted by molar-refractivity contribution is 0.102. The molecule has 0 aliphatic rings. The Bertz CT molecular complexity index is 601. The molecule has 2 aromatic rings. The van der Waals surface area contributed by atoms with Gasteiger partial charge in [0.1, 0.15) is 0 Å². The van der Waals surface area contributed by atoms with E-state index in [4.69, 9.17) is 16.1 Å². The van der Waals surface area contributed by atoms with E-state index in [9.17, 15) is 4.79 Å². The van der Waals surface area contributed by atoms with Crippen LogP contribution in [0.1, 0.15) is 33.5 Å². The fourth-order valence-electron chi connectivity index (χ4n) is 2.15. The highest BCUT2D eigenvalue weighted by molar-refractivity contribution is 6.30. The quantitative estimate of drug-likeness (QED) is 0.624. The fourth-order valence-corrected chi connectivity index (χ4v) is 2.29. The summed E-state index contributed by atoms with van der Waals surface area (Å²) in [5.74, 6) is 1.20. The molecule has 2 aromatic heterocycles. The molecule has 0 aliphatic carbocycles. The summed E-state index contributed by atoms with van der Waals surface area (Å²) in [6.07, 6.45) is 0.645. The van der Waals surface area contributed by atoms with Crippen LogP contribution in [0, 0.1) is 20.8 Å². The van der Waals surface area contributed by atoms with Gasteiger partial charge in [0.25, 0.3) is 0 Å². The average molecular weight is 282 g/mol. The molecule has 0 saturated heterocycles. The van der Waals surface area contributed by atoms with Crippen LogP contribution in [0.15, 0.2) is 10.6 Å². The van der Waals surface area contributed by atoms with Crippen LogP contribution in [0.2, 0.25) is 0 Å². The van der Waals surface area contributed by atoms with E-state index in [0.29, 0.717) is 30.2 Å². The molecule has 2 heterocycles. The second-order valence-electron chi connectivity index (χ2n) is 4.48. The molecule has 0 aromatic carbocycles. The topological polar surface area (TPSA) is 60.9 Å². The van der Waals surface area contributed by atoms with Crippen LogP contribution in [0.4, 0.5) is 0 Å². The molecule has 0 unspecified atom stereocenters. The summed E-state index contributed by atoms with van der Waals surface area (Å²) in [7, 11) is 0. The number of ketones is 1. The standard InChI is InChI=1S/C13H16ClN3O2/c1-8-6-11(12(18)7-14)9(2)17(8)5-4-13-15-10(3)16-19-13/h6H,4-5,7H2,1-3H3. The van der Waals surface area contributed by atoms with Crippen LogP contribution < -0.4 is 0 Å². The molecule has 0 aliphatic heterocycles. The van der Waals surface area contributed by atoms with Gasteiger partial charge < -0.3 is 9.09 Å². The number of aromatic nitrogens is 3. The lowest BCUT2D eigenvalue weighted by Crippen LogP contribution is -2.07. The first-order valence-corrected chi connectivity index (χ1v) is 6.61. The molecule has 0 radical (unpaired) electrons. The van der Waals surface area contributed by atoms with E-state index in [-0.39, 0.29) is 11.7 Å². The van der Waals surface area contributed by atoms with Gasteiger partial charge in [0.15, 0.2) is 11.6 Å². The Morgan fingerprint density at radius 2 is 2.16 bits per heavy atom. The lowest BCUT2D eigenvalue weighted by atomic mass is 10.2. The zero-order chi connectivity index (χ0) is 14.0. The minimum absolute atomic E-state index is 0.00709. The van der Waals surface area contributed by atoms with Crippen LogP contribution in [-0.4, -0.2) is 26.4 Å². The highest BCUT2D eigenvalue weighted by Gasteiger charge is 2.15. The van der Waals surface area contributed by atoms with E-state index >= 15 is 0 Å². The SMILES string of the molecule is Cc1noc(CCn2c(C)cc(C(=O)CCl)c2C)n1. The molecule has 0 fully saturated rings. The Labute approximate surface area is 116 Å². The molecule has 0 atom stereocenters. The summed E-state index contributed by atoms with van der Waals surface area (Å²) in [6, 6.07) is 1.87. The Balaban J connectivity index is 2.16. The smallest absolute Gasteiger partial charge is 0.228 e. The maximum Gasteiger partial charge on any atom is 0.228 e. The van der Waals surface area contributed by atoms with Crippen molar-refractivity contribution in [1.82, 2.24) is 14.7 Å². The predicted octanol–water partition coefficient (Wildman–Crippen LogP) is 2.46. The van der Waals surface area contributed by atoms with Crippen LogP contribution in [-0.2, 0) is 13.0 Å². The van der Waals surface area contributed by atoms with Crippen molar-refractivity contribution in [3.05, 3.63) is 34.7 Å². The maximum atomic E-state index is 11.7. The van der Waals surface area contributed by atoms with Gasteiger partial charge in [0, 0.05) is 29.9 Å². The number of alkyl halides is 1. The fraction of sp³-hybridized carbons (Fsp3) is 0.462. The summed E-state index contributed by atoms with van der Waals surface area (Å²) < 4.78 is 7.15. The van der Waals surface area contributed by atoms with Gasteiger partial charge in [-0.3, -0.25) is 4.79 Å². The van der Waals surface area contributed by atoms with E-state index in [2.05, 4.69) is 14.7 Å². The highest BCUT2D eigenvalue weighted by atomic mass is 35.5. The number of rotatable bonds is 5. The van der Waals surface area contributed by atoms with Gasteiger partial charge in [-0.15, -0.1) is 11.6 Å². The average Bonchev–Trinajstić information content (AvgIpc) is 2.91. The molecular weight excluding hydrogens is 266 g/mol. The van der Waals surface area contributed by atoms with Gasteiger partial charge in [0.05, 0.1) is 5.88 Å². The van der Waals surface area contributed by atoms with Crippen molar-refractivity contribution < 1.29 is 9.32 Å². The Kier molecular flexibility index (Phi) is 4.04. The minimum atomic E-state index is -0.0466. The van der Waals surface area contributed by atoms with Crippen LogP contribution in [0.5, 0.6) is 0 Å². The molecule has 0 N–H and O–H groups in total. The third kappa shape index (κ3) is 2.87. The van der Waals surface area contributed by atoms with E-state index in [1.54, 1.807) is 6.92 Å². The Morgan fingerprint density at radius 3 is 2.74 bits per heavy atom. The molecular formula is C13H16ClN3O2. The molecule has 5 nitrogen and oxygen atoms in total. The second-order valence-corrected chi connectivity index (χ2v) is 4.75. The highest BCUT2D eigenvalue weighted by Crippen LogP contribution is 2.17. The predicted molar refractivity (Wildman–Crippen MR) is 71.7 cm³/mol. The number of hydrogen-bond donors (Lipinski definition) is 0. The Hall–Kier alpha value is -1.62. The number of aryl methyl sites for hydroxylation is 3. The molecule has 2 rings (SSSR count). The third-order valence-corrected chi connectivity index (χ3v) is 3.36. The lowest BCUT2D eigenvalue weighted by Gasteiger charge is -2.07. The zero-order valence-corrected chi connectivity index (χ0v) is 12.0. The first-order valence-electron chi connectivity index (χ1n) is 6.08. The van der Waals surface area contributed by atoms with Crippen molar-refractivity contribution in [2.75, 3.05) is 5.88 Å². The number of carbonyl (C=O) groups is 1. The summed E-state index contributed by atoms with van der Waals surface area (Å²) in [4.78, 5) is 15.9. The van der Waals surface area contributed by atoms with Crippen LogP contribution in [0.3, 0.4) is 0 Å². The summed E-state index contributed by atoms with van der Waals surface area (Å²) in [6.45, 7) is 6.38. The number of hydrogen-bond acceptors (Lipinski definition) is 4. The van der Waals surface area contributed by atoms with E-state index in [0.717, 1.165) is 11.4 Å². The minimum Gasteiger partial charge on any atom is -0.348 e. The molecule has 0 spiro atoms. The van der Waals surface area contributed by atoms with Crippen LogP contribution >= 0.6 is 11.6 Å². The van der Waals surface area contributed by atoms with Gasteiger partial charge in [-0.25, -0.2) is 0 Å². The molecule has 102 valence electrons. The third-order valence-electron chi connectivity index (χ3n) is 3.11. The van der Waals surface area contributed by atoms with Crippen molar-refractivity contribution in [2.45, 2.75) is 33.7 Å². The number of halogens is 1. The number of Topliss-reactive ketones (excluding diaryl/α,β-unsaturated/α-hetero) is 1. The molecule has 19 heavy (non-hydrogen) atoms. The van der Waals surface area contributed by atoms with E-state index in [1.165, 1.54) is 0 Å². The van der Waals surface area contributed by atoms with E-state index < -0.39 is 0 Å². The summed E-state index contributed by atoms with van der Waals surface area (Å²) in [5.41, 5.74) is 2.65. The van der Waals surface area contributed by atoms with Gasteiger partial charge in [-0.1, -0.05) is 5.16 Å². The largest absolute Gasteiger partial charge is 0.348 e. The molecule has 0 bridgehead atoms. The molecule has 0 saturated carbocycles. The van der Waals surface area contributed by atoms with Crippen molar-refractivity contribution in [3.8, 4) is 0 Å². The van der Waals surface area contributed by atoms with Gasteiger partial charge >= 0.3 is 0 Å². The number of nitrogens with zero attached hydrogens (tertiary/aromatic N) is 3. The first kappa shape index (κ1) is 13.8. The number of carbonyl (C=O) groups excluding carboxylic acids is 1. The zero-order valence-electron chi connectivity index (χ0n) is 11.2. The normalized spacial score (nSPS) is 10.9. The first-order chi connectivity index (χ1) is 9.02. The van der Waals surface area contributed by atoms with Crippen molar-refractivity contribution >= 4 is 17.4 Å². The van der Waals surface area contributed by atoms with Crippen molar-refractivity contribution in [3.63, 3.8) is 0 Å². The van der Waals surface area contributed by atoms with Crippen molar-refractivity contribution in [2.24, 2.45) is 0 Å². The molecule has 6 heteroatoms. The summed E-state index contributed by atoms with van der Waals surface area (Å²) >= 11 is 5.60. The van der Waals surface area contributed by atoms with Crippen molar-refractivity contribution in [1.29, 1.82) is 0 Å². The van der Waals surface area contributed by atoms with Crippen LogP contribution in [0.25, 0.3) is 0 Å². The second kappa shape index (κ2) is 5.57. The maximum absolute atomic E-state index is 11.7. The van der Waals surface area contributed by atoms with Gasteiger partial charge in [-0.05, 0) is 26.8 Å².